The van der Waals surface area contributed by atoms with E-state index < -0.39 is 0 Å². The fourth-order valence-corrected chi connectivity index (χ4v) is 1.78. The molecule has 2 rings (SSSR count). The van der Waals surface area contributed by atoms with Crippen molar-refractivity contribution >= 4 is 11.6 Å². The number of para-hydroxylation sites is 1. The first-order chi connectivity index (χ1) is 9.09. The number of nitrogens with zero attached hydrogens (tertiary/aromatic N) is 2. The zero-order valence-corrected chi connectivity index (χ0v) is 10.6. The summed E-state index contributed by atoms with van der Waals surface area (Å²) in [6.07, 6.45) is 2.72. The van der Waals surface area contributed by atoms with Crippen molar-refractivity contribution in [1.82, 2.24) is 9.88 Å². The first-order valence-corrected chi connectivity index (χ1v) is 5.81. The van der Waals surface area contributed by atoms with Crippen molar-refractivity contribution in [2.45, 2.75) is 6.54 Å². The number of pyridine rings is 1. The first kappa shape index (κ1) is 12.9. The summed E-state index contributed by atoms with van der Waals surface area (Å²) in [5.41, 5.74) is 7.58. The van der Waals surface area contributed by atoms with Crippen LogP contribution in [0, 0.1) is 0 Å². The van der Waals surface area contributed by atoms with Gasteiger partial charge in [-0.25, -0.2) is 0 Å². The van der Waals surface area contributed by atoms with Crippen LogP contribution >= 0.6 is 0 Å². The average molecular weight is 257 g/mol. The fraction of sp³-hybridized carbons (Fsp3) is 0.143. The maximum atomic E-state index is 12.2. The van der Waals surface area contributed by atoms with Crippen molar-refractivity contribution in [3.63, 3.8) is 0 Å². The number of anilines is 1. The number of benzene rings is 1. The molecular weight excluding hydrogens is 242 g/mol. The molecule has 0 aliphatic carbocycles. The van der Waals surface area contributed by atoms with Crippen LogP contribution in [-0.2, 0) is 6.54 Å². The molecule has 5 nitrogen and oxygen atoms in total. The monoisotopic (exact) mass is 257 g/mol. The van der Waals surface area contributed by atoms with E-state index in [1.807, 2.05) is 18.2 Å². The van der Waals surface area contributed by atoms with Crippen molar-refractivity contribution in [2.75, 3.05) is 12.8 Å². The SMILES string of the molecule is CN(Cc1ccccc1N)C(=O)c1ccncc1O. The van der Waals surface area contributed by atoms with Gasteiger partial charge in [-0.2, -0.15) is 0 Å². The number of hydrogen-bond acceptors (Lipinski definition) is 4. The van der Waals surface area contributed by atoms with Gasteiger partial charge in [-0.3, -0.25) is 9.78 Å². The number of carbonyl (C=O) groups excluding carboxylic acids is 1. The van der Waals surface area contributed by atoms with Crippen molar-refractivity contribution in [3.8, 4) is 5.75 Å². The maximum absolute atomic E-state index is 12.2. The van der Waals surface area contributed by atoms with Gasteiger partial charge in [0.2, 0.25) is 0 Å². The van der Waals surface area contributed by atoms with E-state index in [0.29, 0.717) is 12.2 Å². The summed E-state index contributed by atoms with van der Waals surface area (Å²) in [6, 6.07) is 8.86. The largest absolute Gasteiger partial charge is 0.505 e. The van der Waals surface area contributed by atoms with Crippen LogP contribution in [0.1, 0.15) is 15.9 Å². The lowest BCUT2D eigenvalue weighted by Crippen LogP contribution is -2.26. The standard InChI is InChI=1S/C14H15N3O2/c1-17(9-10-4-2-3-5-12(10)15)14(19)11-6-7-16-8-13(11)18/h2-8,18H,9,15H2,1H3. The minimum absolute atomic E-state index is 0.125. The molecule has 0 saturated carbocycles. The van der Waals surface area contributed by atoms with Crippen LogP contribution in [0.15, 0.2) is 42.7 Å². The highest BCUT2D eigenvalue weighted by Gasteiger charge is 2.16. The molecular formula is C14H15N3O2. The maximum Gasteiger partial charge on any atom is 0.257 e. The van der Waals surface area contributed by atoms with Gasteiger partial charge in [0.25, 0.3) is 5.91 Å². The lowest BCUT2D eigenvalue weighted by molar-refractivity contribution is 0.0782. The van der Waals surface area contributed by atoms with E-state index >= 15 is 0 Å². The van der Waals surface area contributed by atoms with E-state index in [1.54, 1.807) is 13.1 Å². The number of hydrogen-bond donors (Lipinski definition) is 2. The molecule has 0 bridgehead atoms. The second kappa shape index (κ2) is 5.39. The number of aromatic hydroxyl groups is 1. The van der Waals surface area contributed by atoms with E-state index in [1.165, 1.54) is 23.4 Å². The number of carbonyl (C=O) groups is 1. The normalized spacial score (nSPS) is 10.2. The summed E-state index contributed by atoms with van der Waals surface area (Å²) in [7, 11) is 1.66. The minimum atomic E-state index is -0.275. The molecule has 0 atom stereocenters. The van der Waals surface area contributed by atoms with E-state index in [9.17, 15) is 9.90 Å². The van der Waals surface area contributed by atoms with Gasteiger partial charge in [0.15, 0.2) is 0 Å². The molecule has 1 aromatic heterocycles. The third-order valence-electron chi connectivity index (χ3n) is 2.84. The van der Waals surface area contributed by atoms with Crippen LogP contribution in [0.3, 0.4) is 0 Å². The Kier molecular flexibility index (Phi) is 3.66. The molecule has 0 unspecified atom stereocenters. The summed E-state index contributed by atoms with van der Waals surface area (Å²) < 4.78 is 0. The topological polar surface area (TPSA) is 79.5 Å². The van der Waals surface area contributed by atoms with Crippen molar-refractivity contribution in [1.29, 1.82) is 0 Å². The number of amides is 1. The molecule has 0 radical (unpaired) electrons. The molecule has 2 aromatic rings. The van der Waals surface area contributed by atoms with Crippen LogP contribution < -0.4 is 5.73 Å². The summed E-state index contributed by atoms with van der Waals surface area (Å²) in [6.45, 7) is 0.382. The Morgan fingerprint density at radius 2 is 2.11 bits per heavy atom. The Balaban J connectivity index is 2.17. The molecule has 0 aliphatic heterocycles. The predicted molar refractivity (Wildman–Crippen MR) is 72.6 cm³/mol. The summed E-state index contributed by atoms with van der Waals surface area (Å²) in [5.74, 6) is -0.400. The summed E-state index contributed by atoms with van der Waals surface area (Å²) in [4.78, 5) is 17.4. The molecule has 1 heterocycles. The molecule has 0 fully saturated rings. The Morgan fingerprint density at radius 1 is 1.37 bits per heavy atom. The number of aromatic nitrogens is 1. The van der Waals surface area contributed by atoms with Gasteiger partial charge in [-0.1, -0.05) is 18.2 Å². The smallest absolute Gasteiger partial charge is 0.257 e. The third kappa shape index (κ3) is 2.82. The van der Waals surface area contributed by atoms with E-state index in [2.05, 4.69) is 4.98 Å². The van der Waals surface area contributed by atoms with Crippen molar-refractivity contribution < 1.29 is 9.90 Å². The van der Waals surface area contributed by atoms with Gasteiger partial charge >= 0.3 is 0 Å². The molecule has 5 heteroatoms. The van der Waals surface area contributed by atoms with Crippen molar-refractivity contribution in [2.24, 2.45) is 0 Å². The van der Waals surface area contributed by atoms with Crippen LogP contribution in [0.5, 0.6) is 5.75 Å². The van der Waals surface area contributed by atoms with Crippen LogP contribution in [-0.4, -0.2) is 27.9 Å². The molecule has 1 amide bonds. The van der Waals surface area contributed by atoms with Crippen LogP contribution in [0.4, 0.5) is 5.69 Å². The van der Waals surface area contributed by atoms with Gasteiger partial charge in [0.1, 0.15) is 5.75 Å². The Hall–Kier alpha value is -2.56. The molecule has 0 spiro atoms. The van der Waals surface area contributed by atoms with E-state index in [0.717, 1.165) is 5.56 Å². The quantitative estimate of drug-likeness (QED) is 0.819. The highest BCUT2D eigenvalue weighted by atomic mass is 16.3. The van der Waals surface area contributed by atoms with Gasteiger partial charge in [0.05, 0.1) is 11.8 Å². The molecule has 0 aliphatic rings. The van der Waals surface area contributed by atoms with Crippen molar-refractivity contribution in [3.05, 3.63) is 53.9 Å². The first-order valence-electron chi connectivity index (χ1n) is 5.81. The van der Waals surface area contributed by atoms with Gasteiger partial charge in [0, 0.05) is 25.5 Å². The Bertz CT molecular complexity index is 599. The minimum Gasteiger partial charge on any atom is -0.505 e. The summed E-state index contributed by atoms with van der Waals surface area (Å²) in [5, 5.41) is 9.62. The van der Waals surface area contributed by atoms with Crippen LogP contribution in [0.2, 0.25) is 0 Å². The number of nitrogens with two attached hydrogens (primary N) is 1. The lowest BCUT2D eigenvalue weighted by atomic mass is 10.1. The van der Waals surface area contributed by atoms with Gasteiger partial charge in [-0.05, 0) is 17.7 Å². The van der Waals surface area contributed by atoms with Gasteiger partial charge in [-0.15, -0.1) is 0 Å². The second-order valence-corrected chi connectivity index (χ2v) is 4.25. The number of rotatable bonds is 3. The summed E-state index contributed by atoms with van der Waals surface area (Å²) >= 11 is 0. The Morgan fingerprint density at radius 3 is 2.79 bits per heavy atom. The second-order valence-electron chi connectivity index (χ2n) is 4.25. The number of nitrogen functional groups attached to an aromatic ring is 1. The Labute approximate surface area is 111 Å². The lowest BCUT2D eigenvalue weighted by Gasteiger charge is -2.18. The average Bonchev–Trinajstić information content (AvgIpc) is 2.41. The predicted octanol–water partition coefficient (Wildman–Crippen LogP) is 1.64. The fourth-order valence-electron chi connectivity index (χ4n) is 1.78. The molecule has 19 heavy (non-hydrogen) atoms. The third-order valence-corrected chi connectivity index (χ3v) is 2.84. The zero-order chi connectivity index (χ0) is 13.8. The molecule has 0 saturated heterocycles. The highest BCUT2D eigenvalue weighted by Crippen LogP contribution is 2.18. The highest BCUT2D eigenvalue weighted by molar-refractivity contribution is 5.96. The zero-order valence-electron chi connectivity index (χ0n) is 10.6. The molecule has 98 valence electrons. The van der Waals surface area contributed by atoms with Gasteiger partial charge < -0.3 is 15.7 Å². The van der Waals surface area contributed by atoms with E-state index in [4.69, 9.17) is 5.73 Å². The van der Waals surface area contributed by atoms with E-state index in [-0.39, 0.29) is 17.2 Å². The molecule has 1 aromatic carbocycles. The van der Waals surface area contributed by atoms with Crippen LogP contribution in [0.25, 0.3) is 0 Å². The molecule has 3 N–H and O–H groups in total.